The van der Waals surface area contributed by atoms with Gasteiger partial charge in [-0.2, -0.15) is 0 Å². The van der Waals surface area contributed by atoms with Crippen molar-refractivity contribution in [3.8, 4) is 0 Å². The van der Waals surface area contributed by atoms with Crippen LogP contribution < -0.4 is 0 Å². The maximum Gasteiger partial charge on any atom is 0.410 e. The molecule has 0 aliphatic carbocycles. The number of aliphatic carboxylic acids is 1. The SMILES string of the molecule is C[C@@H]1N(C(=O)OC(C)(C)C)CC[C@]1(C)C(=O)O. The zero-order valence-corrected chi connectivity index (χ0v) is 11.1. The van der Waals surface area contributed by atoms with Crippen molar-refractivity contribution in [3.05, 3.63) is 0 Å². The largest absolute Gasteiger partial charge is 0.481 e. The van der Waals surface area contributed by atoms with Crippen molar-refractivity contribution < 1.29 is 19.4 Å². The van der Waals surface area contributed by atoms with Crippen molar-refractivity contribution in [2.24, 2.45) is 5.41 Å². The molecule has 0 unspecified atom stereocenters. The number of rotatable bonds is 1. The van der Waals surface area contributed by atoms with Gasteiger partial charge in [0.25, 0.3) is 0 Å². The van der Waals surface area contributed by atoms with E-state index >= 15 is 0 Å². The van der Waals surface area contributed by atoms with Crippen LogP contribution >= 0.6 is 0 Å². The molecule has 0 aromatic heterocycles. The van der Waals surface area contributed by atoms with Crippen LogP contribution in [0.1, 0.15) is 41.0 Å². The molecule has 5 nitrogen and oxygen atoms in total. The standard InChI is InChI=1S/C12H21NO4/c1-8-12(5,9(14)15)6-7-13(8)10(16)17-11(2,3)4/h8H,6-7H2,1-5H3,(H,14,15)/t8-,12-/m0/s1. The van der Waals surface area contributed by atoms with Gasteiger partial charge in [0, 0.05) is 12.6 Å². The highest BCUT2D eigenvalue weighted by Crippen LogP contribution is 2.37. The van der Waals surface area contributed by atoms with E-state index in [2.05, 4.69) is 0 Å². The van der Waals surface area contributed by atoms with E-state index in [1.807, 2.05) is 0 Å². The first-order valence-electron chi connectivity index (χ1n) is 5.81. The number of likely N-dealkylation sites (tertiary alicyclic amines) is 1. The molecule has 0 aromatic rings. The van der Waals surface area contributed by atoms with Crippen LogP contribution in [0, 0.1) is 5.41 Å². The first-order chi connectivity index (χ1) is 7.58. The first-order valence-corrected chi connectivity index (χ1v) is 5.81. The fraction of sp³-hybridized carbons (Fsp3) is 0.833. The Hall–Kier alpha value is -1.26. The lowest BCUT2D eigenvalue weighted by atomic mass is 9.83. The van der Waals surface area contributed by atoms with Gasteiger partial charge < -0.3 is 14.7 Å². The van der Waals surface area contributed by atoms with Crippen LogP contribution in [0.3, 0.4) is 0 Å². The Kier molecular flexibility index (Phi) is 3.41. The van der Waals surface area contributed by atoms with Crippen molar-refractivity contribution in [2.45, 2.75) is 52.7 Å². The van der Waals surface area contributed by atoms with Crippen LogP contribution in [0.15, 0.2) is 0 Å². The van der Waals surface area contributed by atoms with E-state index in [1.54, 1.807) is 34.6 Å². The fourth-order valence-electron chi connectivity index (χ4n) is 1.95. The van der Waals surface area contributed by atoms with Gasteiger partial charge in [-0.25, -0.2) is 4.79 Å². The molecule has 17 heavy (non-hydrogen) atoms. The van der Waals surface area contributed by atoms with Gasteiger partial charge in [-0.1, -0.05) is 0 Å². The summed E-state index contributed by atoms with van der Waals surface area (Å²) in [5.74, 6) is -0.865. The summed E-state index contributed by atoms with van der Waals surface area (Å²) in [5.41, 5.74) is -1.43. The van der Waals surface area contributed by atoms with Gasteiger partial charge in [0.15, 0.2) is 0 Å². The van der Waals surface area contributed by atoms with E-state index in [0.717, 1.165) is 0 Å². The molecule has 1 amide bonds. The Morgan fingerprint density at radius 2 is 1.94 bits per heavy atom. The second-order valence-corrected chi connectivity index (χ2v) is 5.82. The van der Waals surface area contributed by atoms with Crippen molar-refractivity contribution in [1.29, 1.82) is 0 Å². The number of carboxylic acid groups (broad SMARTS) is 1. The van der Waals surface area contributed by atoms with Crippen molar-refractivity contribution in [3.63, 3.8) is 0 Å². The molecule has 98 valence electrons. The van der Waals surface area contributed by atoms with Crippen LogP contribution in [0.5, 0.6) is 0 Å². The molecular formula is C12H21NO4. The van der Waals surface area contributed by atoms with Gasteiger partial charge in [-0.3, -0.25) is 4.79 Å². The maximum atomic E-state index is 11.9. The predicted molar refractivity (Wildman–Crippen MR) is 62.8 cm³/mol. The topological polar surface area (TPSA) is 66.8 Å². The number of amides is 1. The Morgan fingerprint density at radius 3 is 2.29 bits per heavy atom. The van der Waals surface area contributed by atoms with Crippen LogP contribution in [0.25, 0.3) is 0 Å². The summed E-state index contributed by atoms with van der Waals surface area (Å²) >= 11 is 0. The Balaban J connectivity index is 2.77. The van der Waals surface area contributed by atoms with Crippen molar-refractivity contribution >= 4 is 12.1 Å². The summed E-state index contributed by atoms with van der Waals surface area (Å²) in [6.07, 6.45) is 0.0258. The summed E-state index contributed by atoms with van der Waals surface area (Å²) in [6.45, 7) is 9.24. The van der Waals surface area contributed by atoms with E-state index in [4.69, 9.17) is 4.74 Å². The molecule has 0 bridgehead atoms. The summed E-state index contributed by atoms with van der Waals surface area (Å²) in [5, 5.41) is 9.20. The lowest BCUT2D eigenvalue weighted by molar-refractivity contribution is -0.148. The van der Waals surface area contributed by atoms with Crippen molar-refractivity contribution in [1.82, 2.24) is 4.90 Å². The van der Waals surface area contributed by atoms with Crippen LogP contribution in [-0.2, 0) is 9.53 Å². The molecule has 1 N–H and O–H groups in total. The minimum atomic E-state index is -0.878. The third kappa shape index (κ3) is 2.70. The Morgan fingerprint density at radius 1 is 1.41 bits per heavy atom. The molecule has 2 atom stereocenters. The van der Waals surface area contributed by atoms with Gasteiger partial charge in [0.05, 0.1) is 5.41 Å². The smallest absolute Gasteiger partial charge is 0.410 e. The normalized spacial score (nSPS) is 29.2. The summed E-state index contributed by atoms with van der Waals surface area (Å²) in [4.78, 5) is 24.6. The zero-order valence-electron chi connectivity index (χ0n) is 11.1. The molecule has 1 aliphatic heterocycles. The van der Waals surface area contributed by atoms with E-state index in [0.29, 0.717) is 13.0 Å². The molecule has 1 aliphatic rings. The molecule has 1 fully saturated rings. The monoisotopic (exact) mass is 243 g/mol. The Bertz CT molecular complexity index is 334. The molecule has 0 spiro atoms. The molecule has 1 saturated heterocycles. The van der Waals surface area contributed by atoms with E-state index in [1.165, 1.54) is 4.90 Å². The van der Waals surface area contributed by atoms with E-state index in [9.17, 15) is 14.7 Å². The highest BCUT2D eigenvalue weighted by Gasteiger charge is 2.49. The lowest BCUT2D eigenvalue weighted by Gasteiger charge is -2.30. The molecular weight excluding hydrogens is 222 g/mol. The van der Waals surface area contributed by atoms with Crippen LogP contribution in [-0.4, -0.2) is 40.3 Å². The quantitative estimate of drug-likeness (QED) is 0.766. The number of carbonyl (C=O) groups is 2. The number of nitrogens with zero attached hydrogens (tertiary/aromatic N) is 1. The van der Waals surface area contributed by atoms with Gasteiger partial charge in [0.2, 0.25) is 0 Å². The average molecular weight is 243 g/mol. The zero-order chi connectivity index (χ0) is 13.4. The molecule has 0 radical (unpaired) electrons. The minimum Gasteiger partial charge on any atom is -0.481 e. The number of carboxylic acids is 1. The summed E-state index contributed by atoms with van der Waals surface area (Å²) in [7, 11) is 0. The second-order valence-electron chi connectivity index (χ2n) is 5.82. The number of carbonyl (C=O) groups excluding carboxylic acids is 1. The molecule has 5 heteroatoms. The summed E-state index contributed by atoms with van der Waals surface area (Å²) < 4.78 is 5.26. The van der Waals surface area contributed by atoms with Gasteiger partial charge in [-0.05, 0) is 41.0 Å². The molecule has 0 aromatic carbocycles. The van der Waals surface area contributed by atoms with Crippen LogP contribution in [0.2, 0.25) is 0 Å². The average Bonchev–Trinajstić information content (AvgIpc) is 2.42. The third-order valence-corrected chi connectivity index (χ3v) is 3.38. The Labute approximate surface area is 102 Å². The summed E-state index contributed by atoms with van der Waals surface area (Å²) in [6, 6.07) is -0.352. The maximum absolute atomic E-state index is 11.9. The third-order valence-electron chi connectivity index (χ3n) is 3.38. The number of ether oxygens (including phenoxy) is 1. The number of hydrogen-bond donors (Lipinski definition) is 1. The predicted octanol–water partition coefficient (Wildman–Crippen LogP) is 2.11. The van der Waals surface area contributed by atoms with Crippen molar-refractivity contribution in [2.75, 3.05) is 6.54 Å². The molecule has 1 rings (SSSR count). The molecule has 0 saturated carbocycles. The van der Waals surface area contributed by atoms with Gasteiger partial charge in [0.1, 0.15) is 5.60 Å². The highest BCUT2D eigenvalue weighted by molar-refractivity contribution is 5.78. The van der Waals surface area contributed by atoms with E-state index < -0.39 is 23.1 Å². The minimum absolute atomic E-state index is 0.352. The number of hydrogen-bond acceptors (Lipinski definition) is 3. The first kappa shape index (κ1) is 13.8. The highest BCUT2D eigenvalue weighted by atomic mass is 16.6. The fourth-order valence-corrected chi connectivity index (χ4v) is 1.95. The van der Waals surface area contributed by atoms with Gasteiger partial charge in [-0.15, -0.1) is 0 Å². The van der Waals surface area contributed by atoms with Crippen LogP contribution in [0.4, 0.5) is 4.79 Å². The second kappa shape index (κ2) is 4.20. The van der Waals surface area contributed by atoms with E-state index in [-0.39, 0.29) is 6.04 Å². The van der Waals surface area contributed by atoms with Gasteiger partial charge >= 0.3 is 12.1 Å². The molecule has 1 heterocycles. The lowest BCUT2D eigenvalue weighted by Crippen LogP contribution is -2.45.